The molecule has 0 spiro atoms. The molecule has 3 aromatic rings. The summed E-state index contributed by atoms with van der Waals surface area (Å²) < 4.78 is 15.2. The molecule has 1 N–H and O–H groups in total. The average molecular weight is 349 g/mol. The Morgan fingerprint density at radius 3 is 2.35 bits per heavy atom. The Kier molecular flexibility index (Phi) is 4.80. The molecule has 0 aliphatic carbocycles. The van der Waals surface area contributed by atoms with Crippen LogP contribution in [0.25, 0.3) is 22.5 Å². The molecule has 1 aromatic carbocycles. The molecule has 0 unspecified atom stereocenters. The van der Waals surface area contributed by atoms with E-state index in [9.17, 15) is 4.79 Å². The molecule has 0 saturated heterocycles. The third-order valence-electron chi connectivity index (χ3n) is 3.94. The van der Waals surface area contributed by atoms with Crippen molar-refractivity contribution in [2.45, 2.75) is 20.8 Å². The van der Waals surface area contributed by atoms with E-state index in [1.54, 1.807) is 60.9 Å². The van der Waals surface area contributed by atoms with Crippen molar-refractivity contribution in [1.29, 1.82) is 0 Å². The number of hydrogen-bond acceptors (Lipinski definition) is 3. The SMILES string of the molecule is CC(C)(C)C(=O)Nc1ccccc1-c1nccc(-c2ccccn2)c1F. The molecule has 0 radical (unpaired) electrons. The van der Waals surface area contributed by atoms with Crippen LogP contribution in [0.4, 0.5) is 10.1 Å². The van der Waals surface area contributed by atoms with Crippen LogP contribution in [-0.2, 0) is 4.79 Å². The third-order valence-corrected chi connectivity index (χ3v) is 3.94. The lowest BCUT2D eigenvalue weighted by atomic mass is 9.95. The highest BCUT2D eigenvalue weighted by molar-refractivity contribution is 5.98. The van der Waals surface area contributed by atoms with E-state index in [0.717, 1.165) is 0 Å². The minimum absolute atomic E-state index is 0.147. The molecule has 0 atom stereocenters. The molecule has 0 fully saturated rings. The molecule has 2 aromatic heterocycles. The first-order valence-electron chi connectivity index (χ1n) is 8.34. The lowest BCUT2D eigenvalue weighted by molar-refractivity contribution is -0.123. The van der Waals surface area contributed by atoms with Crippen molar-refractivity contribution in [3.8, 4) is 22.5 Å². The zero-order chi connectivity index (χ0) is 18.7. The highest BCUT2D eigenvalue weighted by Crippen LogP contribution is 2.33. The van der Waals surface area contributed by atoms with Crippen LogP contribution in [0.15, 0.2) is 60.9 Å². The number of pyridine rings is 2. The van der Waals surface area contributed by atoms with Crippen molar-refractivity contribution >= 4 is 11.6 Å². The number of hydrogen-bond donors (Lipinski definition) is 1. The summed E-state index contributed by atoms with van der Waals surface area (Å²) in [5, 5.41) is 2.87. The summed E-state index contributed by atoms with van der Waals surface area (Å²) in [7, 11) is 0. The van der Waals surface area contributed by atoms with Gasteiger partial charge in [0.2, 0.25) is 5.91 Å². The van der Waals surface area contributed by atoms with Crippen LogP contribution < -0.4 is 5.32 Å². The molecule has 4 nitrogen and oxygen atoms in total. The summed E-state index contributed by atoms with van der Waals surface area (Å²) in [5.41, 5.74) is 1.57. The van der Waals surface area contributed by atoms with Crippen molar-refractivity contribution in [2.24, 2.45) is 5.41 Å². The number of amides is 1. The Morgan fingerprint density at radius 2 is 1.65 bits per heavy atom. The van der Waals surface area contributed by atoms with Crippen molar-refractivity contribution in [3.63, 3.8) is 0 Å². The number of aromatic nitrogens is 2. The number of halogens is 1. The molecular formula is C21H20FN3O. The second-order valence-corrected chi connectivity index (χ2v) is 6.99. The Hall–Kier alpha value is -3.08. The molecule has 0 saturated carbocycles. The van der Waals surface area contributed by atoms with Crippen LogP contribution >= 0.6 is 0 Å². The largest absolute Gasteiger partial charge is 0.325 e. The Morgan fingerprint density at radius 1 is 0.923 bits per heavy atom. The summed E-state index contributed by atoms with van der Waals surface area (Å²) >= 11 is 0. The normalized spacial score (nSPS) is 11.2. The topological polar surface area (TPSA) is 54.9 Å². The van der Waals surface area contributed by atoms with E-state index >= 15 is 4.39 Å². The zero-order valence-corrected chi connectivity index (χ0v) is 15.0. The number of para-hydroxylation sites is 1. The molecule has 2 heterocycles. The maximum atomic E-state index is 15.2. The van der Waals surface area contributed by atoms with Crippen molar-refractivity contribution in [1.82, 2.24) is 9.97 Å². The van der Waals surface area contributed by atoms with E-state index in [2.05, 4.69) is 15.3 Å². The number of carbonyl (C=O) groups is 1. The van der Waals surface area contributed by atoms with Gasteiger partial charge in [0, 0.05) is 28.9 Å². The van der Waals surface area contributed by atoms with Gasteiger partial charge in [-0.15, -0.1) is 0 Å². The number of nitrogens with zero attached hydrogens (tertiary/aromatic N) is 2. The third kappa shape index (κ3) is 3.61. The van der Waals surface area contributed by atoms with Crippen LogP contribution in [0, 0.1) is 11.2 Å². The number of rotatable bonds is 3. The predicted molar refractivity (Wildman–Crippen MR) is 101 cm³/mol. The molecule has 5 heteroatoms. The van der Waals surface area contributed by atoms with Crippen LogP contribution in [0.2, 0.25) is 0 Å². The van der Waals surface area contributed by atoms with E-state index < -0.39 is 11.2 Å². The maximum Gasteiger partial charge on any atom is 0.229 e. The van der Waals surface area contributed by atoms with Gasteiger partial charge in [-0.3, -0.25) is 14.8 Å². The lowest BCUT2D eigenvalue weighted by Crippen LogP contribution is -2.27. The molecule has 132 valence electrons. The molecule has 0 aliphatic rings. The van der Waals surface area contributed by atoms with Gasteiger partial charge in [0.15, 0.2) is 5.82 Å². The summed E-state index contributed by atoms with van der Waals surface area (Å²) in [6, 6.07) is 14.0. The highest BCUT2D eigenvalue weighted by atomic mass is 19.1. The zero-order valence-electron chi connectivity index (χ0n) is 15.0. The summed E-state index contributed by atoms with van der Waals surface area (Å²) in [6.07, 6.45) is 3.16. The number of anilines is 1. The Bertz CT molecular complexity index is 933. The van der Waals surface area contributed by atoms with Gasteiger partial charge in [-0.2, -0.15) is 0 Å². The fraction of sp³-hybridized carbons (Fsp3) is 0.190. The summed E-state index contributed by atoms with van der Waals surface area (Å²) in [4.78, 5) is 20.8. The van der Waals surface area contributed by atoms with E-state index in [-0.39, 0.29) is 11.6 Å². The minimum Gasteiger partial charge on any atom is -0.325 e. The standard InChI is InChI=1S/C21H20FN3O/c1-21(2,3)20(26)25-17-10-5-4-8-15(17)19-18(22)14(11-13-24-19)16-9-6-7-12-23-16/h4-13H,1-3H3,(H,25,26). The van der Waals surface area contributed by atoms with Gasteiger partial charge in [-0.1, -0.05) is 45.0 Å². The molecule has 0 aliphatic heterocycles. The first-order valence-corrected chi connectivity index (χ1v) is 8.34. The summed E-state index contributed by atoms with van der Waals surface area (Å²) in [6.45, 7) is 5.47. The number of nitrogens with one attached hydrogen (secondary N) is 1. The average Bonchev–Trinajstić information content (AvgIpc) is 2.62. The Labute approximate surface area is 152 Å². The minimum atomic E-state index is -0.561. The van der Waals surface area contributed by atoms with Crippen LogP contribution in [0.5, 0.6) is 0 Å². The quantitative estimate of drug-likeness (QED) is 0.729. The molecule has 26 heavy (non-hydrogen) atoms. The monoisotopic (exact) mass is 349 g/mol. The van der Waals surface area contributed by atoms with E-state index in [4.69, 9.17) is 0 Å². The number of carbonyl (C=O) groups excluding carboxylic acids is 1. The van der Waals surface area contributed by atoms with Crippen molar-refractivity contribution < 1.29 is 9.18 Å². The Balaban J connectivity index is 2.07. The second-order valence-electron chi connectivity index (χ2n) is 6.99. The van der Waals surface area contributed by atoms with Gasteiger partial charge in [0.1, 0.15) is 5.69 Å². The molecule has 1 amide bonds. The fourth-order valence-electron chi connectivity index (χ4n) is 2.46. The van der Waals surface area contributed by atoms with E-state index in [1.165, 1.54) is 0 Å². The molecular weight excluding hydrogens is 329 g/mol. The van der Waals surface area contributed by atoms with E-state index in [0.29, 0.717) is 22.5 Å². The molecule has 3 rings (SSSR count). The van der Waals surface area contributed by atoms with Crippen molar-refractivity contribution in [2.75, 3.05) is 5.32 Å². The van der Waals surface area contributed by atoms with Gasteiger partial charge < -0.3 is 5.32 Å². The second kappa shape index (κ2) is 7.04. The van der Waals surface area contributed by atoms with Gasteiger partial charge in [-0.05, 0) is 24.3 Å². The molecule has 0 bridgehead atoms. The van der Waals surface area contributed by atoms with Crippen LogP contribution in [0.1, 0.15) is 20.8 Å². The first kappa shape index (κ1) is 17.7. The first-order chi connectivity index (χ1) is 12.4. The summed E-state index contributed by atoms with van der Waals surface area (Å²) in [5.74, 6) is -0.616. The van der Waals surface area contributed by atoms with Crippen LogP contribution in [0.3, 0.4) is 0 Å². The smallest absolute Gasteiger partial charge is 0.229 e. The van der Waals surface area contributed by atoms with Crippen LogP contribution in [-0.4, -0.2) is 15.9 Å². The van der Waals surface area contributed by atoms with Crippen molar-refractivity contribution in [3.05, 3.63) is 66.7 Å². The predicted octanol–water partition coefficient (Wildman–Crippen LogP) is 4.93. The highest BCUT2D eigenvalue weighted by Gasteiger charge is 2.23. The van der Waals surface area contributed by atoms with Gasteiger partial charge >= 0.3 is 0 Å². The van der Waals surface area contributed by atoms with E-state index in [1.807, 2.05) is 20.8 Å². The van der Waals surface area contributed by atoms with Gasteiger partial charge in [0.25, 0.3) is 0 Å². The van der Waals surface area contributed by atoms with Gasteiger partial charge in [0.05, 0.1) is 11.4 Å². The number of benzene rings is 1. The van der Waals surface area contributed by atoms with Gasteiger partial charge in [-0.25, -0.2) is 4.39 Å². The fourth-order valence-corrected chi connectivity index (χ4v) is 2.46. The maximum absolute atomic E-state index is 15.2. The lowest BCUT2D eigenvalue weighted by Gasteiger charge is -2.19.